The largest absolute Gasteiger partial charge is 0.370 e. The molecule has 24 heavy (non-hydrogen) atoms. The molecule has 6 heteroatoms. The molecule has 2 aliphatic rings. The van der Waals surface area contributed by atoms with E-state index >= 15 is 0 Å². The maximum atomic E-state index is 14.0. The first-order chi connectivity index (χ1) is 11.6. The van der Waals surface area contributed by atoms with Crippen LogP contribution in [0.5, 0.6) is 0 Å². The smallest absolute Gasteiger partial charge is 0.134 e. The maximum Gasteiger partial charge on any atom is 0.134 e. The molecule has 2 fully saturated rings. The van der Waals surface area contributed by atoms with Crippen LogP contribution in [-0.2, 0) is 4.74 Å². The molecule has 1 atom stereocenters. The maximum absolute atomic E-state index is 14.0. The van der Waals surface area contributed by atoms with Crippen LogP contribution in [0, 0.1) is 18.6 Å². The van der Waals surface area contributed by atoms with Crippen molar-refractivity contribution in [2.45, 2.75) is 31.8 Å². The third kappa shape index (κ3) is 3.11. The fraction of sp³-hybridized carbons (Fsp3) is 0.444. The van der Waals surface area contributed by atoms with Crippen LogP contribution in [0.25, 0.3) is 0 Å². The van der Waals surface area contributed by atoms with Crippen LogP contribution in [0.2, 0.25) is 0 Å². The van der Waals surface area contributed by atoms with Gasteiger partial charge in [0.2, 0.25) is 0 Å². The molecule has 1 saturated heterocycles. The quantitative estimate of drug-likeness (QED) is 0.862. The van der Waals surface area contributed by atoms with E-state index in [-0.39, 0.29) is 0 Å². The van der Waals surface area contributed by atoms with E-state index in [0.29, 0.717) is 31.2 Å². The molecule has 0 N–H and O–H groups in total. The Morgan fingerprint density at radius 1 is 1.17 bits per heavy atom. The average Bonchev–Trinajstić information content (AvgIpc) is 3.39. The van der Waals surface area contributed by atoms with Crippen LogP contribution >= 0.6 is 0 Å². The molecular weight excluding hydrogens is 312 g/mol. The number of ether oxygens (including phenoxy) is 1. The highest BCUT2D eigenvalue weighted by Gasteiger charge is 2.29. The molecule has 126 valence electrons. The first-order valence-electron chi connectivity index (χ1n) is 8.27. The average molecular weight is 331 g/mol. The Morgan fingerprint density at radius 3 is 2.75 bits per heavy atom. The summed E-state index contributed by atoms with van der Waals surface area (Å²) in [4.78, 5) is 11.3. The Balaban J connectivity index is 1.58. The van der Waals surface area contributed by atoms with E-state index in [4.69, 9.17) is 4.74 Å². The number of benzene rings is 1. The molecule has 2 heterocycles. The second-order valence-electron chi connectivity index (χ2n) is 6.47. The highest BCUT2D eigenvalue weighted by Crippen LogP contribution is 2.39. The zero-order valence-corrected chi connectivity index (χ0v) is 13.5. The van der Waals surface area contributed by atoms with Gasteiger partial charge in [-0.15, -0.1) is 0 Å². The summed E-state index contributed by atoms with van der Waals surface area (Å²) in [6.07, 6.45) is 1.86. The standard InChI is InChI=1S/C18H19F2N3O/c1-11-8-17(22-18(21-11)12-2-3-12)23-6-7-24-16(10-23)14-5-4-13(19)9-15(14)20/h4-5,8-9,12,16H,2-3,6-7,10H2,1H3/t16-/m0/s1. The van der Waals surface area contributed by atoms with E-state index in [0.717, 1.165) is 36.2 Å². The number of nitrogens with zero attached hydrogens (tertiary/aromatic N) is 3. The number of aryl methyl sites for hydroxylation is 1. The zero-order chi connectivity index (χ0) is 16.7. The van der Waals surface area contributed by atoms with E-state index in [1.54, 1.807) is 0 Å². The number of hydrogen-bond acceptors (Lipinski definition) is 4. The van der Waals surface area contributed by atoms with Crippen molar-refractivity contribution in [2.75, 3.05) is 24.6 Å². The van der Waals surface area contributed by atoms with Crippen molar-refractivity contribution in [3.05, 3.63) is 53.0 Å². The normalized spacial score (nSPS) is 21.1. The first kappa shape index (κ1) is 15.4. The molecular formula is C18H19F2N3O. The fourth-order valence-electron chi connectivity index (χ4n) is 3.07. The van der Waals surface area contributed by atoms with E-state index < -0.39 is 17.7 Å². The number of hydrogen-bond donors (Lipinski definition) is 0. The van der Waals surface area contributed by atoms with E-state index in [2.05, 4.69) is 14.9 Å². The summed E-state index contributed by atoms with van der Waals surface area (Å²) in [5, 5.41) is 0. The summed E-state index contributed by atoms with van der Waals surface area (Å²) < 4.78 is 32.9. The van der Waals surface area contributed by atoms with Crippen molar-refractivity contribution in [3.8, 4) is 0 Å². The van der Waals surface area contributed by atoms with Gasteiger partial charge in [0.05, 0.1) is 6.61 Å². The predicted octanol–water partition coefficient (Wildman–Crippen LogP) is 3.52. The summed E-state index contributed by atoms with van der Waals surface area (Å²) in [6, 6.07) is 5.58. The van der Waals surface area contributed by atoms with Gasteiger partial charge in [-0.3, -0.25) is 0 Å². The summed E-state index contributed by atoms with van der Waals surface area (Å²) in [5.74, 6) is 1.10. The number of anilines is 1. The summed E-state index contributed by atoms with van der Waals surface area (Å²) >= 11 is 0. The molecule has 2 aromatic rings. The fourth-order valence-corrected chi connectivity index (χ4v) is 3.07. The molecule has 0 bridgehead atoms. The van der Waals surface area contributed by atoms with Gasteiger partial charge >= 0.3 is 0 Å². The van der Waals surface area contributed by atoms with Crippen molar-refractivity contribution in [1.29, 1.82) is 0 Å². The van der Waals surface area contributed by atoms with Gasteiger partial charge in [-0.1, -0.05) is 6.07 Å². The molecule has 1 aliphatic carbocycles. The first-order valence-corrected chi connectivity index (χ1v) is 8.27. The lowest BCUT2D eigenvalue weighted by atomic mass is 10.1. The van der Waals surface area contributed by atoms with Crippen molar-refractivity contribution in [3.63, 3.8) is 0 Å². The molecule has 0 amide bonds. The van der Waals surface area contributed by atoms with Crippen LogP contribution < -0.4 is 4.90 Å². The second-order valence-corrected chi connectivity index (χ2v) is 6.47. The van der Waals surface area contributed by atoms with Crippen LogP contribution in [0.4, 0.5) is 14.6 Å². The lowest BCUT2D eigenvalue weighted by Crippen LogP contribution is -2.39. The Bertz CT molecular complexity index is 764. The minimum Gasteiger partial charge on any atom is -0.370 e. The number of rotatable bonds is 3. The van der Waals surface area contributed by atoms with Crippen LogP contribution in [-0.4, -0.2) is 29.7 Å². The SMILES string of the molecule is Cc1cc(N2CCO[C@H](c3ccc(F)cc3F)C2)nc(C2CC2)n1. The summed E-state index contributed by atoms with van der Waals surface area (Å²) in [6.45, 7) is 3.63. The predicted molar refractivity (Wildman–Crippen MR) is 86.0 cm³/mol. The third-order valence-corrected chi connectivity index (χ3v) is 4.50. The van der Waals surface area contributed by atoms with Gasteiger partial charge in [0.15, 0.2) is 0 Å². The Hall–Kier alpha value is -2.08. The van der Waals surface area contributed by atoms with E-state index in [1.807, 2.05) is 13.0 Å². The molecule has 1 aliphatic heterocycles. The number of morpholine rings is 1. The summed E-state index contributed by atoms with van der Waals surface area (Å²) in [5.41, 5.74) is 1.33. The van der Waals surface area contributed by atoms with Crippen molar-refractivity contribution in [1.82, 2.24) is 9.97 Å². The zero-order valence-electron chi connectivity index (χ0n) is 13.5. The van der Waals surface area contributed by atoms with Crippen molar-refractivity contribution in [2.24, 2.45) is 0 Å². The Morgan fingerprint density at radius 2 is 2.00 bits per heavy atom. The van der Waals surface area contributed by atoms with E-state index in [9.17, 15) is 8.78 Å². The molecule has 1 saturated carbocycles. The van der Waals surface area contributed by atoms with Gasteiger partial charge in [-0.2, -0.15) is 0 Å². The van der Waals surface area contributed by atoms with Gasteiger partial charge < -0.3 is 9.64 Å². The minimum atomic E-state index is -0.579. The highest BCUT2D eigenvalue weighted by atomic mass is 19.1. The van der Waals surface area contributed by atoms with Gasteiger partial charge in [0.25, 0.3) is 0 Å². The minimum absolute atomic E-state index is 0.384. The molecule has 0 unspecified atom stereocenters. The van der Waals surface area contributed by atoms with Crippen LogP contribution in [0.3, 0.4) is 0 Å². The molecule has 0 radical (unpaired) electrons. The van der Waals surface area contributed by atoms with Crippen LogP contribution in [0.1, 0.15) is 41.9 Å². The Labute approximate surface area is 139 Å². The molecule has 4 nitrogen and oxygen atoms in total. The van der Waals surface area contributed by atoms with Gasteiger partial charge in [0.1, 0.15) is 29.4 Å². The number of halogens is 2. The van der Waals surface area contributed by atoms with Gasteiger partial charge in [0, 0.05) is 42.4 Å². The van der Waals surface area contributed by atoms with Crippen LogP contribution in [0.15, 0.2) is 24.3 Å². The van der Waals surface area contributed by atoms with E-state index in [1.165, 1.54) is 12.1 Å². The lowest BCUT2D eigenvalue weighted by Gasteiger charge is -2.34. The molecule has 1 aromatic carbocycles. The lowest BCUT2D eigenvalue weighted by molar-refractivity contribution is 0.0371. The monoisotopic (exact) mass is 331 g/mol. The van der Waals surface area contributed by atoms with Gasteiger partial charge in [-0.25, -0.2) is 18.7 Å². The second kappa shape index (κ2) is 6.09. The summed E-state index contributed by atoms with van der Waals surface area (Å²) in [7, 11) is 0. The number of aromatic nitrogens is 2. The highest BCUT2D eigenvalue weighted by molar-refractivity contribution is 5.42. The van der Waals surface area contributed by atoms with Gasteiger partial charge in [-0.05, 0) is 25.8 Å². The molecule has 4 rings (SSSR count). The van der Waals surface area contributed by atoms with Crippen molar-refractivity contribution >= 4 is 5.82 Å². The molecule has 1 aromatic heterocycles. The Kier molecular flexibility index (Phi) is 3.92. The van der Waals surface area contributed by atoms with Crippen molar-refractivity contribution < 1.29 is 13.5 Å². The topological polar surface area (TPSA) is 38.2 Å². The third-order valence-electron chi connectivity index (χ3n) is 4.50. The molecule has 0 spiro atoms.